The lowest BCUT2D eigenvalue weighted by molar-refractivity contribution is -0.142. The van der Waals surface area contributed by atoms with Crippen molar-refractivity contribution in [3.63, 3.8) is 0 Å². The third kappa shape index (κ3) is 3.42. The van der Waals surface area contributed by atoms with Crippen LogP contribution in [0.25, 0.3) is 0 Å². The number of carbonyl (C=O) groups is 3. The maximum absolute atomic E-state index is 13.9. The molecule has 4 atom stereocenters. The highest BCUT2D eigenvalue weighted by molar-refractivity contribution is 6.31. The molecule has 2 saturated heterocycles. The molecule has 0 aliphatic carbocycles. The Balaban J connectivity index is 1.40. The lowest BCUT2D eigenvalue weighted by atomic mass is 9.76. The van der Waals surface area contributed by atoms with Crippen LogP contribution >= 0.6 is 11.6 Å². The Labute approximate surface area is 213 Å². The topological polar surface area (TPSA) is 98.7 Å². The van der Waals surface area contributed by atoms with E-state index in [1.54, 1.807) is 42.5 Å². The molecule has 6 rings (SSSR count). The molecule has 8 heteroatoms. The quantitative estimate of drug-likeness (QED) is 0.466. The summed E-state index contributed by atoms with van der Waals surface area (Å²) in [6, 6.07) is 21.1. The molecule has 3 amide bonds. The van der Waals surface area contributed by atoms with Crippen molar-refractivity contribution in [2.45, 2.75) is 24.4 Å². The van der Waals surface area contributed by atoms with E-state index in [9.17, 15) is 19.5 Å². The highest BCUT2D eigenvalue weighted by Gasteiger charge is 2.70. The monoisotopic (exact) mass is 501 g/mol. The van der Waals surface area contributed by atoms with E-state index in [1.165, 1.54) is 4.90 Å². The van der Waals surface area contributed by atoms with Crippen molar-refractivity contribution in [2.75, 3.05) is 11.9 Å². The van der Waals surface area contributed by atoms with Crippen LogP contribution in [0.5, 0.6) is 5.75 Å². The van der Waals surface area contributed by atoms with E-state index in [-0.39, 0.29) is 30.0 Å². The molecule has 7 nitrogen and oxygen atoms in total. The average molecular weight is 502 g/mol. The fourth-order valence-electron chi connectivity index (χ4n) is 6.00. The van der Waals surface area contributed by atoms with Crippen LogP contribution < -0.4 is 10.6 Å². The number of nitrogens with one attached hydrogen (secondary N) is 2. The molecule has 0 aromatic heterocycles. The summed E-state index contributed by atoms with van der Waals surface area (Å²) >= 11 is 6.32. The number of phenols is 1. The van der Waals surface area contributed by atoms with Gasteiger partial charge in [0.25, 0.3) is 0 Å². The standard InChI is InChI=1S/C28H24ClN3O4/c29-18-8-11-21-20(15-18)28(27(36)30-21)24-23(22(31-28)14-17-6-9-19(33)10-7-17)25(34)32(26(24)35)13-12-16-4-2-1-3-5-16/h1-11,15,22-24,31,33H,12-14H2,(H,30,36)/t22-,23+,24-,28-/m0/s1. The zero-order valence-corrected chi connectivity index (χ0v) is 20.0. The summed E-state index contributed by atoms with van der Waals surface area (Å²) in [5.74, 6) is -2.42. The first-order valence-electron chi connectivity index (χ1n) is 11.9. The number of imide groups is 1. The number of carbonyl (C=O) groups excluding carboxylic acids is 3. The van der Waals surface area contributed by atoms with E-state index in [2.05, 4.69) is 10.6 Å². The summed E-state index contributed by atoms with van der Waals surface area (Å²) < 4.78 is 0. The number of hydrogen-bond donors (Lipinski definition) is 3. The largest absolute Gasteiger partial charge is 0.508 e. The molecule has 3 aliphatic rings. The molecule has 182 valence electrons. The summed E-state index contributed by atoms with van der Waals surface area (Å²) in [6.07, 6.45) is 0.952. The Hall–Kier alpha value is -3.68. The first-order valence-corrected chi connectivity index (χ1v) is 12.3. The van der Waals surface area contributed by atoms with Gasteiger partial charge < -0.3 is 10.4 Å². The molecule has 0 radical (unpaired) electrons. The predicted molar refractivity (Wildman–Crippen MR) is 134 cm³/mol. The molecule has 2 fully saturated rings. The number of benzene rings is 3. The third-order valence-corrected chi connectivity index (χ3v) is 7.86. The predicted octanol–water partition coefficient (Wildman–Crippen LogP) is 3.25. The van der Waals surface area contributed by atoms with E-state index < -0.39 is 23.4 Å². The van der Waals surface area contributed by atoms with Crippen molar-refractivity contribution in [1.82, 2.24) is 10.2 Å². The van der Waals surface area contributed by atoms with Crippen molar-refractivity contribution in [3.05, 3.63) is 94.5 Å². The number of hydrogen-bond acceptors (Lipinski definition) is 5. The SMILES string of the molecule is O=C1[C@@H]2[C@H](Cc3ccc(O)cc3)N[C@]3(C(=O)Nc4ccc(Cl)cc43)[C@@H]2C(=O)N1CCc1ccccc1. The number of aromatic hydroxyl groups is 1. The summed E-state index contributed by atoms with van der Waals surface area (Å²) in [5, 5.41) is 16.4. The lowest BCUT2D eigenvalue weighted by Crippen LogP contribution is -2.53. The minimum absolute atomic E-state index is 0.144. The van der Waals surface area contributed by atoms with E-state index in [0.29, 0.717) is 29.1 Å². The highest BCUT2D eigenvalue weighted by atomic mass is 35.5. The number of halogens is 1. The first kappa shape index (κ1) is 22.8. The van der Waals surface area contributed by atoms with Gasteiger partial charge >= 0.3 is 0 Å². The second-order valence-electron chi connectivity index (χ2n) is 9.64. The minimum atomic E-state index is -1.39. The molecule has 0 saturated carbocycles. The van der Waals surface area contributed by atoms with Gasteiger partial charge in [0.2, 0.25) is 17.7 Å². The van der Waals surface area contributed by atoms with Gasteiger partial charge in [-0.1, -0.05) is 54.1 Å². The number of anilines is 1. The molecular formula is C28H24ClN3O4. The molecule has 3 heterocycles. The van der Waals surface area contributed by atoms with Crippen LogP contribution in [0.1, 0.15) is 16.7 Å². The zero-order valence-electron chi connectivity index (χ0n) is 19.3. The number of nitrogens with zero attached hydrogens (tertiary/aromatic N) is 1. The second-order valence-corrected chi connectivity index (χ2v) is 10.1. The van der Waals surface area contributed by atoms with Crippen LogP contribution in [0.15, 0.2) is 72.8 Å². The van der Waals surface area contributed by atoms with Gasteiger partial charge in [-0.05, 0) is 54.3 Å². The van der Waals surface area contributed by atoms with Crippen molar-refractivity contribution in [3.8, 4) is 5.75 Å². The van der Waals surface area contributed by atoms with Crippen molar-refractivity contribution >= 4 is 35.0 Å². The molecule has 3 aliphatic heterocycles. The summed E-state index contributed by atoms with van der Waals surface area (Å²) in [7, 11) is 0. The van der Waals surface area contributed by atoms with Crippen LogP contribution in [0, 0.1) is 11.8 Å². The number of phenolic OH excluding ortho intramolecular Hbond substituents is 1. The molecule has 3 aromatic carbocycles. The Morgan fingerprint density at radius 1 is 0.917 bits per heavy atom. The Bertz CT molecular complexity index is 1380. The van der Waals surface area contributed by atoms with E-state index in [4.69, 9.17) is 11.6 Å². The van der Waals surface area contributed by atoms with Crippen molar-refractivity contribution < 1.29 is 19.5 Å². The number of amides is 3. The van der Waals surface area contributed by atoms with Crippen LogP contribution in [-0.4, -0.2) is 40.3 Å². The third-order valence-electron chi connectivity index (χ3n) is 7.63. The maximum Gasteiger partial charge on any atom is 0.250 e. The van der Waals surface area contributed by atoms with Crippen LogP contribution in [0.4, 0.5) is 5.69 Å². The van der Waals surface area contributed by atoms with E-state index in [0.717, 1.165) is 11.1 Å². The van der Waals surface area contributed by atoms with Gasteiger partial charge in [-0.15, -0.1) is 0 Å². The van der Waals surface area contributed by atoms with Crippen LogP contribution in [0.2, 0.25) is 5.02 Å². The number of fused-ring (bicyclic) bond motifs is 4. The van der Waals surface area contributed by atoms with Gasteiger partial charge in [-0.2, -0.15) is 0 Å². The Morgan fingerprint density at radius 2 is 1.67 bits per heavy atom. The molecule has 36 heavy (non-hydrogen) atoms. The van der Waals surface area contributed by atoms with Gasteiger partial charge in [0.05, 0.1) is 11.8 Å². The van der Waals surface area contributed by atoms with Gasteiger partial charge in [0.15, 0.2) is 0 Å². The van der Waals surface area contributed by atoms with E-state index >= 15 is 0 Å². The molecule has 0 bridgehead atoms. The number of likely N-dealkylation sites (tertiary alicyclic amines) is 1. The summed E-state index contributed by atoms with van der Waals surface area (Å²) in [5.41, 5.74) is 1.70. The smallest absolute Gasteiger partial charge is 0.250 e. The molecule has 1 spiro atoms. The summed E-state index contributed by atoms with van der Waals surface area (Å²) in [4.78, 5) is 42.5. The molecule has 0 unspecified atom stereocenters. The molecule has 3 N–H and O–H groups in total. The highest BCUT2D eigenvalue weighted by Crippen LogP contribution is 2.53. The zero-order chi connectivity index (χ0) is 25.0. The fourth-order valence-corrected chi connectivity index (χ4v) is 6.17. The average Bonchev–Trinajstić information content (AvgIpc) is 3.44. The van der Waals surface area contributed by atoms with Crippen molar-refractivity contribution in [1.29, 1.82) is 0 Å². The van der Waals surface area contributed by atoms with E-state index in [1.807, 2.05) is 30.3 Å². The maximum atomic E-state index is 13.9. The normalized spacial score (nSPS) is 26.4. The van der Waals surface area contributed by atoms with Crippen LogP contribution in [0.3, 0.4) is 0 Å². The van der Waals surface area contributed by atoms with Gasteiger partial charge in [0.1, 0.15) is 11.3 Å². The van der Waals surface area contributed by atoms with Gasteiger partial charge in [0, 0.05) is 28.9 Å². The number of rotatable bonds is 5. The minimum Gasteiger partial charge on any atom is -0.508 e. The fraction of sp³-hybridized carbons (Fsp3) is 0.250. The van der Waals surface area contributed by atoms with Crippen LogP contribution in [-0.2, 0) is 32.8 Å². The Morgan fingerprint density at radius 3 is 2.42 bits per heavy atom. The first-order chi connectivity index (χ1) is 17.4. The second kappa shape index (κ2) is 8.47. The van der Waals surface area contributed by atoms with Gasteiger partial charge in [-0.25, -0.2) is 0 Å². The molecular weight excluding hydrogens is 478 g/mol. The van der Waals surface area contributed by atoms with Gasteiger partial charge in [-0.3, -0.25) is 24.6 Å². The lowest BCUT2D eigenvalue weighted by Gasteiger charge is -2.29. The Kier molecular flexibility index (Phi) is 5.35. The molecule has 3 aromatic rings. The van der Waals surface area contributed by atoms with Crippen molar-refractivity contribution in [2.24, 2.45) is 11.8 Å². The summed E-state index contributed by atoms with van der Waals surface area (Å²) in [6.45, 7) is 0.251.